The van der Waals surface area contributed by atoms with E-state index in [1.807, 2.05) is 27.7 Å². The molecule has 68 heavy (non-hydrogen) atoms. The summed E-state index contributed by atoms with van der Waals surface area (Å²) in [5, 5.41) is 71.8. The first-order valence-corrected chi connectivity index (χ1v) is 26.5. The number of carbonyl (C=O) groups excluding carboxylic acids is 1. The summed E-state index contributed by atoms with van der Waals surface area (Å²) >= 11 is 0. The number of aromatic nitrogens is 2. The largest absolute Gasteiger partial charge is 0.393 e. The van der Waals surface area contributed by atoms with Crippen LogP contribution in [0.15, 0.2) is 11.6 Å². The first kappa shape index (κ1) is 44.7. The van der Waals surface area contributed by atoms with Gasteiger partial charge in [-0.2, -0.15) is 0 Å². The molecule has 14 rings (SSSR count). The number of carbonyl (C=O) groups is 1. The Balaban J connectivity index is 0.745. The molecule has 0 radical (unpaired) electrons. The van der Waals surface area contributed by atoms with Crippen molar-refractivity contribution in [2.24, 2.45) is 69.0 Å². The molecule has 14 heteroatoms. The fraction of sp³-hybridized carbons (Fsp3) is 0.870. The monoisotopic (exact) mass is 943 g/mol. The third kappa shape index (κ3) is 4.65. The van der Waals surface area contributed by atoms with Crippen molar-refractivity contribution in [3.05, 3.63) is 34.4 Å². The Bertz CT molecular complexity index is 2490. The van der Waals surface area contributed by atoms with Crippen LogP contribution in [0.1, 0.15) is 136 Å². The fourth-order valence-electron chi connectivity index (χ4n) is 20.4. The van der Waals surface area contributed by atoms with Gasteiger partial charge in [-0.15, -0.1) is 0 Å². The van der Waals surface area contributed by atoms with Crippen molar-refractivity contribution in [2.75, 3.05) is 13.2 Å². The van der Waals surface area contributed by atoms with E-state index in [-0.39, 0.29) is 78.9 Å². The van der Waals surface area contributed by atoms with Gasteiger partial charge in [-0.05, 0) is 120 Å². The van der Waals surface area contributed by atoms with Gasteiger partial charge in [-0.1, -0.05) is 46.3 Å². The summed E-state index contributed by atoms with van der Waals surface area (Å²) in [6, 6.07) is 0. The number of ether oxygens (including phenoxy) is 5. The van der Waals surface area contributed by atoms with Crippen LogP contribution in [0.5, 0.6) is 0 Å². The number of Topliss-reactive ketones (excluding diaryl/α,β-unsaturated/α-hetero) is 1. The summed E-state index contributed by atoms with van der Waals surface area (Å²) < 4.78 is 33.1. The van der Waals surface area contributed by atoms with Crippen molar-refractivity contribution in [1.82, 2.24) is 9.97 Å². The minimum absolute atomic E-state index is 0.0332. The van der Waals surface area contributed by atoms with Crippen LogP contribution in [0.4, 0.5) is 0 Å². The molecule has 6 N–H and O–H groups in total. The number of aliphatic hydroxyl groups excluding tert-OH is 4. The summed E-state index contributed by atoms with van der Waals surface area (Å²) in [6.45, 7) is 16.1. The van der Waals surface area contributed by atoms with Gasteiger partial charge in [0.25, 0.3) is 0 Å². The normalized spacial score (nSPS) is 60.4. The zero-order chi connectivity index (χ0) is 47.7. The van der Waals surface area contributed by atoms with E-state index in [4.69, 9.17) is 33.7 Å². The molecule has 0 unspecified atom stereocenters. The molecule has 6 heterocycles. The second kappa shape index (κ2) is 12.9. The Morgan fingerprint density at radius 3 is 2.13 bits per heavy atom. The predicted octanol–water partition coefficient (Wildman–Crippen LogP) is 3.83. The van der Waals surface area contributed by atoms with Crippen LogP contribution in [0, 0.1) is 69.0 Å². The summed E-state index contributed by atoms with van der Waals surface area (Å²) in [5.74, 6) is -3.12. The zero-order valence-corrected chi connectivity index (χ0v) is 41.2. The van der Waals surface area contributed by atoms with Gasteiger partial charge in [0, 0.05) is 47.8 Å². The van der Waals surface area contributed by atoms with Crippen molar-refractivity contribution < 1.29 is 59.1 Å². The van der Waals surface area contributed by atoms with Crippen LogP contribution >= 0.6 is 0 Å². The molecule has 14 nitrogen and oxygen atoms in total. The standard InChI is InChI=1S/C54H74N2O12/c1-25-30-16-43-52(65-43)37-12-10-28-14-34-36(19-47(28,7)50(37,62)22-39(59)49(30,52)24-64-53(25)40(60)20-44(3,4)67-53)56-33-13-27-9-11-29-31(46(27,6)18-35(33)55-34)15-38(58)48(8)32(29)17-42-51(48,63)26(2)54(66-42)41(61)21-45(5,23-57)68-54/h17,25-31,37-38,40-43,57-58,60-63H,9-16,18-24H2,1-8H3/t25-,26+,27+,28+,29-,30-,31+,37-,38-,40-,41-,42+,43-,45+,46+,47+,48-,49+,50-,51-,52-,53-,54+/m1/s1. The number of hydrogen-bond donors (Lipinski definition) is 6. The van der Waals surface area contributed by atoms with E-state index >= 15 is 4.79 Å². The molecular formula is C54H74N2O12. The number of epoxide rings is 1. The summed E-state index contributed by atoms with van der Waals surface area (Å²) in [6.07, 6.45) is 6.70. The van der Waals surface area contributed by atoms with Crippen molar-refractivity contribution in [2.45, 2.75) is 209 Å². The zero-order valence-electron chi connectivity index (χ0n) is 41.2. The predicted molar refractivity (Wildman–Crippen MR) is 241 cm³/mol. The number of hydrogen-bond acceptors (Lipinski definition) is 14. The molecule has 10 fully saturated rings. The van der Waals surface area contributed by atoms with Crippen LogP contribution in [0.25, 0.3) is 0 Å². The van der Waals surface area contributed by atoms with Crippen LogP contribution in [-0.4, -0.2) is 130 Å². The van der Waals surface area contributed by atoms with Gasteiger partial charge in [-0.3, -0.25) is 14.8 Å². The van der Waals surface area contributed by atoms with E-state index < -0.39 is 86.2 Å². The number of rotatable bonds is 1. The average Bonchev–Trinajstić information content (AvgIpc) is 3.40. The fourth-order valence-corrected chi connectivity index (χ4v) is 20.4. The molecule has 0 bridgehead atoms. The third-order valence-corrected chi connectivity index (χ3v) is 24.0. The molecule has 5 aliphatic heterocycles. The molecule has 372 valence electrons. The minimum Gasteiger partial charge on any atom is -0.393 e. The van der Waals surface area contributed by atoms with Gasteiger partial charge in [0.05, 0.1) is 70.4 Å². The van der Waals surface area contributed by atoms with Gasteiger partial charge < -0.3 is 54.3 Å². The number of ketones is 1. The summed E-state index contributed by atoms with van der Waals surface area (Å²) in [4.78, 5) is 26.2. The van der Waals surface area contributed by atoms with Crippen molar-refractivity contribution >= 4 is 5.78 Å². The Labute approximate surface area is 399 Å². The Morgan fingerprint density at radius 2 is 1.44 bits per heavy atom. The first-order valence-electron chi connectivity index (χ1n) is 26.5. The Morgan fingerprint density at radius 1 is 0.750 bits per heavy atom. The third-order valence-electron chi connectivity index (χ3n) is 24.0. The first-order chi connectivity index (χ1) is 31.9. The molecule has 5 saturated carbocycles. The molecule has 1 aromatic rings. The molecule has 5 saturated heterocycles. The van der Waals surface area contributed by atoms with Crippen LogP contribution in [0.3, 0.4) is 0 Å². The number of nitrogens with zero attached hydrogens (tertiary/aromatic N) is 2. The highest BCUT2D eigenvalue weighted by Gasteiger charge is 2.90. The average molecular weight is 943 g/mol. The lowest BCUT2D eigenvalue weighted by Gasteiger charge is -2.65. The van der Waals surface area contributed by atoms with E-state index in [0.717, 1.165) is 66.9 Å². The molecule has 8 aliphatic carbocycles. The molecule has 1 aromatic heterocycles. The quantitative estimate of drug-likeness (QED) is 0.175. The van der Waals surface area contributed by atoms with Crippen LogP contribution in [0.2, 0.25) is 0 Å². The van der Waals surface area contributed by atoms with Gasteiger partial charge in [0.2, 0.25) is 5.79 Å². The van der Waals surface area contributed by atoms with Crippen LogP contribution in [-0.2, 0) is 54.2 Å². The molecule has 0 amide bonds. The highest BCUT2D eigenvalue weighted by atomic mass is 16.7. The van der Waals surface area contributed by atoms with E-state index in [1.54, 1.807) is 6.92 Å². The second-order valence-corrected chi connectivity index (χ2v) is 26.9. The van der Waals surface area contributed by atoms with Crippen LogP contribution < -0.4 is 0 Å². The van der Waals surface area contributed by atoms with Crippen molar-refractivity contribution in [3.8, 4) is 0 Å². The molecule has 4 spiro atoms. The summed E-state index contributed by atoms with van der Waals surface area (Å²) in [5.41, 5.74) is -2.74. The van der Waals surface area contributed by atoms with E-state index in [0.29, 0.717) is 38.0 Å². The number of aliphatic hydroxyl groups is 6. The van der Waals surface area contributed by atoms with Gasteiger partial charge >= 0.3 is 0 Å². The molecular weight excluding hydrogens is 869 g/mol. The topological polar surface area (TPSA) is 214 Å². The molecule has 13 aliphatic rings. The van der Waals surface area contributed by atoms with Crippen molar-refractivity contribution in [3.63, 3.8) is 0 Å². The van der Waals surface area contributed by atoms with E-state index in [1.165, 1.54) is 0 Å². The van der Waals surface area contributed by atoms with Crippen molar-refractivity contribution in [1.29, 1.82) is 0 Å². The maximum Gasteiger partial charge on any atom is 0.201 e. The van der Waals surface area contributed by atoms with E-state index in [9.17, 15) is 30.6 Å². The minimum atomic E-state index is -1.52. The number of fused-ring (bicyclic) bond motifs is 12. The van der Waals surface area contributed by atoms with Gasteiger partial charge in [0.1, 0.15) is 35.3 Å². The lowest BCUT2D eigenvalue weighted by Crippen LogP contribution is -2.75. The lowest BCUT2D eigenvalue weighted by atomic mass is 9.41. The summed E-state index contributed by atoms with van der Waals surface area (Å²) in [7, 11) is 0. The maximum absolute atomic E-state index is 15.2. The Kier molecular flexibility index (Phi) is 8.46. The van der Waals surface area contributed by atoms with Gasteiger partial charge in [-0.25, -0.2) is 0 Å². The molecule has 0 aromatic carbocycles. The Hall–Kier alpha value is -1.95. The molecule has 23 atom stereocenters. The van der Waals surface area contributed by atoms with Gasteiger partial charge in [0.15, 0.2) is 5.79 Å². The smallest absolute Gasteiger partial charge is 0.201 e. The second-order valence-electron chi connectivity index (χ2n) is 26.9. The highest BCUT2D eigenvalue weighted by Crippen LogP contribution is 2.79. The highest BCUT2D eigenvalue weighted by molar-refractivity contribution is 5.91. The maximum atomic E-state index is 15.2. The lowest BCUT2D eigenvalue weighted by molar-refractivity contribution is -0.351. The van der Waals surface area contributed by atoms with E-state index in [2.05, 4.69) is 26.8 Å². The SMILES string of the molecule is C[C@@H]1[C@H]2C[C@H]3O[C@]34[C@@H]3CC[C@H]5Cc6nc7c(nc6C[C@]5(C)[C@@]3(O)CC(=O)[C@]24CO[C@@]12OC(C)(C)C[C@H]2O)C[C@@H]1CC[C@H]2C3=C[C@@H]4O[C@]5(O[C@](C)(CO)C[C@H]5O)[C@@H](C)[C@]4(O)[C@@]3(C)[C@H](O)C[C@@H]2[C@@]1(C)C7.